The molecular weight excluding hydrogens is 208 g/mol. The van der Waals surface area contributed by atoms with E-state index < -0.39 is 0 Å². The van der Waals surface area contributed by atoms with Crippen LogP contribution in [-0.2, 0) is 0 Å². The summed E-state index contributed by atoms with van der Waals surface area (Å²) < 4.78 is 0. The van der Waals surface area contributed by atoms with Gasteiger partial charge in [0, 0.05) is 11.4 Å². The molecular formula is C12H25ClN2. The van der Waals surface area contributed by atoms with E-state index in [-0.39, 0.29) is 5.54 Å². The molecule has 1 atom stereocenters. The molecule has 1 heterocycles. The predicted molar refractivity (Wildman–Crippen MR) is 67.7 cm³/mol. The fraction of sp³-hybridized carbons (Fsp3) is 1.00. The van der Waals surface area contributed by atoms with Crippen molar-refractivity contribution in [3.8, 4) is 0 Å². The van der Waals surface area contributed by atoms with Crippen molar-refractivity contribution in [3.63, 3.8) is 0 Å². The molecule has 1 saturated heterocycles. The maximum atomic E-state index is 5.94. The minimum Gasteiger partial charge on any atom is -0.310 e. The van der Waals surface area contributed by atoms with Crippen LogP contribution in [0.5, 0.6) is 0 Å². The highest BCUT2D eigenvalue weighted by Crippen LogP contribution is 2.11. The van der Waals surface area contributed by atoms with Gasteiger partial charge in [-0.2, -0.15) is 0 Å². The second-order valence-corrected chi connectivity index (χ2v) is 5.14. The molecule has 15 heavy (non-hydrogen) atoms. The molecule has 1 fully saturated rings. The van der Waals surface area contributed by atoms with Gasteiger partial charge in [0.2, 0.25) is 0 Å². The summed E-state index contributed by atoms with van der Waals surface area (Å²) in [4.78, 5) is 2.56. The zero-order valence-electron chi connectivity index (χ0n) is 10.2. The Morgan fingerprint density at radius 2 is 2.00 bits per heavy atom. The molecule has 0 spiro atoms. The van der Waals surface area contributed by atoms with Crippen LogP contribution in [0.1, 0.15) is 39.5 Å². The molecule has 0 bridgehead atoms. The first kappa shape index (κ1) is 13.3. The third kappa shape index (κ3) is 4.71. The highest BCUT2D eigenvalue weighted by atomic mass is 35.5. The Morgan fingerprint density at radius 1 is 1.33 bits per heavy atom. The van der Waals surface area contributed by atoms with Crippen molar-refractivity contribution in [1.82, 2.24) is 10.2 Å². The summed E-state index contributed by atoms with van der Waals surface area (Å²) in [5, 5.41) is 3.56. The number of hydrogen-bond donors (Lipinski definition) is 1. The van der Waals surface area contributed by atoms with Crippen LogP contribution in [0, 0.1) is 0 Å². The third-order valence-corrected chi connectivity index (χ3v) is 4.07. The summed E-state index contributed by atoms with van der Waals surface area (Å²) in [5.74, 6) is 0.702. The Hall–Kier alpha value is 0.210. The van der Waals surface area contributed by atoms with Gasteiger partial charge in [0.1, 0.15) is 0 Å². The van der Waals surface area contributed by atoms with Crippen LogP contribution in [0.2, 0.25) is 0 Å². The Kier molecular flexibility index (Phi) is 5.95. The van der Waals surface area contributed by atoms with Gasteiger partial charge >= 0.3 is 0 Å². The van der Waals surface area contributed by atoms with E-state index in [0.717, 1.165) is 13.0 Å². The average Bonchev–Trinajstić information content (AvgIpc) is 2.77. The minimum absolute atomic E-state index is 0.132. The van der Waals surface area contributed by atoms with Crippen molar-refractivity contribution in [3.05, 3.63) is 0 Å². The first-order chi connectivity index (χ1) is 7.20. The number of halogens is 1. The average molecular weight is 233 g/mol. The molecule has 1 N–H and O–H groups in total. The molecule has 90 valence electrons. The largest absolute Gasteiger partial charge is 0.310 e. The van der Waals surface area contributed by atoms with Crippen LogP contribution >= 0.6 is 11.6 Å². The highest BCUT2D eigenvalue weighted by Gasteiger charge is 2.19. The number of alkyl halides is 1. The van der Waals surface area contributed by atoms with Crippen LogP contribution in [-0.4, -0.2) is 42.5 Å². The van der Waals surface area contributed by atoms with E-state index in [1.54, 1.807) is 0 Å². The number of likely N-dealkylation sites (tertiary alicyclic amines) is 1. The number of rotatable bonds is 7. The Morgan fingerprint density at radius 3 is 2.53 bits per heavy atom. The summed E-state index contributed by atoms with van der Waals surface area (Å²) in [6, 6.07) is 0. The van der Waals surface area contributed by atoms with Gasteiger partial charge in [-0.15, -0.1) is 11.6 Å². The van der Waals surface area contributed by atoms with Gasteiger partial charge in [-0.25, -0.2) is 0 Å². The van der Waals surface area contributed by atoms with Crippen LogP contribution < -0.4 is 5.32 Å². The molecule has 3 heteroatoms. The lowest BCUT2D eigenvalue weighted by Gasteiger charge is -2.27. The van der Waals surface area contributed by atoms with E-state index in [4.69, 9.17) is 11.6 Å². The van der Waals surface area contributed by atoms with Crippen LogP contribution in [0.25, 0.3) is 0 Å². The van der Waals surface area contributed by atoms with Crippen molar-refractivity contribution in [2.75, 3.05) is 32.1 Å². The van der Waals surface area contributed by atoms with Gasteiger partial charge < -0.3 is 10.2 Å². The van der Waals surface area contributed by atoms with Crippen molar-refractivity contribution in [2.45, 2.75) is 45.1 Å². The standard InChI is InChI=1S/C12H25ClN2/c1-3-12(2,11-13)14-7-6-10-15-8-4-5-9-15/h14H,3-11H2,1-2H3. The normalized spacial score (nSPS) is 21.8. The molecule has 0 saturated carbocycles. The van der Waals surface area contributed by atoms with E-state index in [1.165, 1.54) is 38.9 Å². The molecule has 1 unspecified atom stereocenters. The summed E-state index contributed by atoms with van der Waals surface area (Å²) in [6.45, 7) is 9.34. The fourth-order valence-electron chi connectivity index (χ4n) is 1.97. The molecule has 0 aromatic carbocycles. The summed E-state index contributed by atoms with van der Waals surface area (Å²) >= 11 is 5.94. The second-order valence-electron chi connectivity index (χ2n) is 4.88. The molecule has 0 aliphatic carbocycles. The van der Waals surface area contributed by atoms with Gasteiger partial charge in [-0.05, 0) is 58.8 Å². The number of nitrogens with one attached hydrogen (secondary N) is 1. The predicted octanol–water partition coefficient (Wildman–Crippen LogP) is 2.47. The second kappa shape index (κ2) is 6.72. The van der Waals surface area contributed by atoms with Gasteiger partial charge in [0.15, 0.2) is 0 Å². The van der Waals surface area contributed by atoms with Gasteiger partial charge in [-0.1, -0.05) is 6.92 Å². The van der Waals surface area contributed by atoms with E-state index in [1.807, 2.05) is 0 Å². The molecule has 0 amide bonds. The first-order valence-electron chi connectivity index (χ1n) is 6.23. The van der Waals surface area contributed by atoms with E-state index >= 15 is 0 Å². The molecule has 1 aliphatic rings. The Bertz CT molecular complexity index is 163. The lowest BCUT2D eigenvalue weighted by Crippen LogP contribution is -2.44. The van der Waals surface area contributed by atoms with Crippen molar-refractivity contribution in [1.29, 1.82) is 0 Å². The van der Waals surface area contributed by atoms with E-state index in [0.29, 0.717) is 5.88 Å². The topological polar surface area (TPSA) is 15.3 Å². The lowest BCUT2D eigenvalue weighted by atomic mass is 10.0. The zero-order valence-corrected chi connectivity index (χ0v) is 10.9. The zero-order chi connectivity index (χ0) is 11.1. The van der Waals surface area contributed by atoms with Crippen LogP contribution in [0.15, 0.2) is 0 Å². The minimum atomic E-state index is 0.132. The molecule has 0 aromatic heterocycles. The fourth-order valence-corrected chi connectivity index (χ4v) is 2.25. The number of nitrogens with zero attached hydrogens (tertiary/aromatic N) is 1. The van der Waals surface area contributed by atoms with Crippen molar-refractivity contribution in [2.24, 2.45) is 0 Å². The Labute approximate surface area is 99.4 Å². The molecule has 1 aliphatic heterocycles. The molecule has 2 nitrogen and oxygen atoms in total. The summed E-state index contributed by atoms with van der Waals surface area (Å²) in [7, 11) is 0. The highest BCUT2D eigenvalue weighted by molar-refractivity contribution is 6.18. The lowest BCUT2D eigenvalue weighted by molar-refractivity contribution is 0.313. The monoisotopic (exact) mass is 232 g/mol. The Balaban J connectivity index is 2.04. The first-order valence-corrected chi connectivity index (χ1v) is 6.77. The third-order valence-electron chi connectivity index (χ3n) is 3.48. The quantitative estimate of drug-likeness (QED) is 0.536. The van der Waals surface area contributed by atoms with Crippen molar-refractivity contribution < 1.29 is 0 Å². The van der Waals surface area contributed by atoms with E-state index in [2.05, 4.69) is 24.1 Å². The van der Waals surface area contributed by atoms with Gasteiger partial charge in [0.25, 0.3) is 0 Å². The smallest absolute Gasteiger partial charge is 0.0403 e. The molecule has 0 aromatic rings. The summed E-state index contributed by atoms with van der Waals surface area (Å²) in [5.41, 5.74) is 0.132. The van der Waals surface area contributed by atoms with Crippen LogP contribution in [0.3, 0.4) is 0 Å². The molecule has 1 rings (SSSR count). The maximum absolute atomic E-state index is 5.94. The van der Waals surface area contributed by atoms with E-state index in [9.17, 15) is 0 Å². The maximum Gasteiger partial charge on any atom is 0.0403 e. The van der Waals surface area contributed by atoms with Crippen molar-refractivity contribution >= 4 is 11.6 Å². The number of hydrogen-bond acceptors (Lipinski definition) is 2. The van der Waals surface area contributed by atoms with Gasteiger partial charge in [-0.3, -0.25) is 0 Å². The SMILES string of the molecule is CCC(C)(CCl)NCCCN1CCCC1. The van der Waals surface area contributed by atoms with Gasteiger partial charge in [0.05, 0.1) is 0 Å². The van der Waals surface area contributed by atoms with Crippen LogP contribution in [0.4, 0.5) is 0 Å². The molecule has 0 radical (unpaired) electrons. The summed E-state index contributed by atoms with van der Waals surface area (Å²) in [6.07, 6.45) is 5.12.